The lowest BCUT2D eigenvalue weighted by molar-refractivity contribution is -0.130. The Morgan fingerprint density at radius 2 is 1.73 bits per heavy atom. The first-order valence-electron chi connectivity index (χ1n) is 6.80. The van der Waals surface area contributed by atoms with Crippen molar-refractivity contribution in [2.75, 3.05) is 14.2 Å². The monoisotopic (exact) mass is 298 g/mol. The van der Waals surface area contributed by atoms with Crippen molar-refractivity contribution in [3.8, 4) is 11.5 Å². The average molecular weight is 298 g/mol. The smallest absolute Gasteiger partial charge is 0.336 e. The second kappa shape index (κ2) is 6.80. The van der Waals surface area contributed by atoms with Crippen LogP contribution in [0.3, 0.4) is 0 Å². The third-order valence-electron chi connectivity index (χ3n) is 3.33. The van der Waals surface area contributed by atoms with Crippen LogP contribution in [0, 0.1) is 6.92 Å². The molecule has 0 spiro atoms. The molecule has 0 saturated carbocycles. The van der Waals surface area contributed by atoms with Crippen LogP contribution in [0.2, 0.25) is 0 Å². The number of para-hydroxylation sites is 1. The second-order valence-corrected chi connectivity index (χ2v) is 4.81. The molecule has 1 N–H and O–H groups in total. The van der Waals surface area contributed by atoms with Gasteiger partial charge < -0.3 is 14.6 Å². The van der Waals surface area contributed by atoms with Gasteiger partial charge in [0.2, 0.25) is 0 Å². The van der Waals surface area contributed by atoms with E-state index in [2.05, 4.69) is 0 Å². The van der Waals surface area contributed by atoms with Gasteiger partial charge in [0, 0.05) is 5.56 Å². The highest BCUT2D eigenvalue weighted by Gasteiger charge is 2.14. The molecule has 0 fully saturated rings. The molecule has 0 heterocycles. The molecule has 0 atom stereocenters. The number of carboxylic acids is 1. The summed E-state index contributed by atoms with van der Waals surface area (Å²) in [7, 11) is 3.07. The number of aliphatic carboxylic acids is 1. The molecule has 2 rings (SSSR count). The summed E-state index contributed by atoms with van der Waals surface area (Å²) in [5.41, 5.74) is 2.57. The number of benzene rings is 2. The van der Waals surface area contributed by atoms with E-state index in [-0.39, 0.29) is 5.57 Å². The summed E-state index contributed by atoms with van der Waals surface area (Å²) in [6, 6.07) is 12.7. The van der Waals surface area contributed by atoms with Crippen molar-refractivity contribution in [1.82, 2.24) is 0 Å². The van der Waals surface area contributed by atoms with Gasteiger partial charge in [0.05, 0.1) is 19.8 Å². The number of hydrogen-bond acceptors (Lipinski definition) is 3. The Hall–Kier alpha value is -2.75. The highest BCUT2D eigenvalue weighted by Crippen LogP contribution is 2.33. The van der Waals surface area contributed by atoms with Crippen LogP contribution in [0.5, 0.6) is 11.5 Å². The molecular formula is C18H18O4. The molecule has 0 bridgehead atoms. The molecule has 0 aliphatic rings. The molecule has 2 aromatic carbocycles. The van der Waals surface area contributed by atoms with Crippen molar-refractivity contribution >= 4 is 17.6 Å². The molecule has 0 unspecified atom stereocenters. The molecule has 0 aliphatic heterocycles. The first-order chi connectivity index (χ1) is 10.6. The maximum Gasteiger partial charge on any atom is 0.336 e. The summed E-state index contributed by atoms with van der Waals surface area (Å²) < 4.78 is 10.6. The Kier molecular flexibility index (Phi) is 4.84. The van der Waals surface area contributed by atoms with Gasteiger partial charge >= 0.3 is 5.97 Å². The largest absolute Gasteiger partial charge is 0.493 e. The minimum Gasteiger partial charge on any atom is -0.493 e. The highest BCUT2D eigenvalue weighted by molar-refractivity contribution is 6.20. The minimum absolute atomic E-state index is 0.201. The van der Waals surface area contributed by atoms with Crippen LogP contribution >= 0.6 is 0 Å². The fourth-order valence-electron chi connectivity index (χ4n) is 2.18. The zero-order valence-corrected chi connectivity index (χ0v) is 12.8. The van der Waals surface area contributed by atoms with E-state index in [4.69, 9.17) is 9.47 Å². The van der Waals surface area contributed by atoms with Gasteiger partial charge in [-0.3, -0.25) is 0 Å². The molecule has 2 aromatic rings. The molecule has 4 heteroatoms. The molecule has 0 saturated heterocycles. The summed E-state index contributed by atoms with van der Waals surface area (Å²) in [5.74, 6) is 0.0782. The van der Waals surface area contributed by atoms with Crippen molar-refractivity contribution < 1.29 is 19.4 Å². The standard InChI is InChI=1S/C18H18O4/c1-12-7-9-13(10-8-12)15(18(19)20)11-14-5-4-6-16(21-2)17(14)22-3/h4-11H,1-3H3,(H,19,20)/b15-11-. The van der Waals surface area contributed by atoms with Gasteiger partial charge in [0.15, 0.2) is 11.5 Å². The quantitative estimate of drug-likeness (QED) is 0.676. The zero-order valence-electron chi connectivity index (χ0n) is 12.8. The summed E-state index contributed by atoms with van der Waals surface area (Å²) in [6.45, 7) is 1.96. The Labute approximate surface area is 129 Å². The van der Waals surface area contributed by atoms with Crippen LogP contribution in [0.1, 0.15) is 16.7 Å². The van der Waals surface area contributed by atoms with Crippen molar-refractivity contribution in [3.63, 3.8) is 0 Å². The highest BCUT2D eigenvalue weighted by atomic mass is 16.5. The van der Waals surface area contributed by atoms with E-state index in [1.165, 1.54) is 7.11 Å². The van der Waals surface area contributed by atoms with E-state index in [0.29, 0.717) is 22.6 Å². The molecular weight excluding hydrogens is 280 g/mol. The number of carboxylic acid groups (broad SMARTS) is 1. The number of rotatable bonds is 5. The maximum absolute atomic E-state index is 11.6. The SMILES string of the molecule is COc1cccc(/C=C(\C(=O)O)c2ccc(C)cc2)c1OC. The minimum atomic E-state index is -0.992. The zero-order chi connectivity index (χ0) is 16.1. The average Bonchev–Trinajstić information content (AvgIpc) is 2.52. The second-order valence-electron chi connectivity index (χ2n) is 4.81. The first kappa shape index (κ1) is 15.6. The summed E-state index contributed by atoms with van der Waals surface area (Å²) in [4.78, 5) is 11.6. The van der Waals surface area contributed by atoms with E-state index >= 15 is 0 Å². The number of ether oxygens (including phenoxy) is 2. The normalized spacial score (nSPS) is 11.1. The molecule has 4 nitrogen and oxygen atoms in total. The van der Waals surface area contributed by atoms with Crippen LogP contribution in [-0.2, 0) is 4.79 Å². The summed E-state index contributed by atoms with van der Waals surface area (Å²) >= 11 is 0. The van der Waals surface area contributed by atoms with Gasteiger partial charge in [-0.15, -0.1) is 0 Å². The fraction of sp³-hybridized carbons (Fsp3) is 0.167. The third kappa shape index (κ3) is 3.28. The van der Waals surface area contributed by atoms with E-state index < -0.39 is 5.97 Å². The van der Waals surface area contributed by atoms with Gasteiger partial charge in [-0.1, -0.05) is 42.0 Å². The Bertz CT molecular complexity index is 700. The van der Waals surface area contributed by atoms with E-state index in [1.807, 2.05) is 19.1 Å². The van der Waals surface area contributed by atoms with E-state index in [9.17, 15) is 9.90 Å². The maximum atomic E-state index is 11.6. The van der Waals surface area contributed by atoms with Crippen LogP contribution in [-0.4, -0.2) is 25.3 Å². The molecule has 114 valence electrons. The number of hydrogen-bond donors (Lipinski definition) is 1. The molecule has 22 heavy (non-hydrogen) atoms. The Morgan fingerprint density at radius 1 is 1.05 bits per heavy atom. The first-order valence-corrected chi connectivity index (χ1v) is 6.80. The Morgan fingerprint density at radius 3 is 2.27 bits per heavy atom. The van der Waals surface area contributed by atoms with Gasteiger partial charge in [0.1, 0.15) is 0 Å². The lowest BCUT2D eigenvalue weighted by Crippen LogP contribution is -2.00. The van der Waals surface area contributed by atoms with Crippen molar-refractivity contribution in [2.24, 2.45) is 0 Å². The van der Waals surface area contributed by atoms with Gasteiger partial charge in [-0.25, -0.2) is 4.79 Å². The predicted molar refractivity (Wildman–Crippen MR) is 86.2 cm³/mol. The Balaban J connectivity index is 2.56. The van der Waals surface area contributed by atoms with Crippen LogP contribution in [0.25, 0.3) is 11.6 Å². The van der Waals surface area contributed by atoms with Gasteiger partial charge in [0.25, 0.3) is 0 Å². The molecule has 0 aliphatic carbocycles. The van der Waals surface area contributed by atoms with E-state index in [1.54, 1.807) is 43.5 Å². The summed E-state index contributed by atoms with van der Waals surface area (Å²) in [6.07, 6.45) is 1.59. The van der Waals surface area contributed by atoms with Gasteiger partial charge in [-0.05, 0) is 24.6 Å². The molecule has 0 aromatic heterocycles. The lowest BCUT2D eigenvalue weighted by atomic mass is 10.0. The number of carbonyl (C=O) groups is 1. The van der Waals surface area contributed by atoms with Crippen LogP contribution < -0.4 is 9.47 Å². The predicted octanol–water partition coefficient (Wildman–Crippen LogP) is 3.64. The van der Waals surface area contributed by atoms with Crippen LogP contribution in [0.15, 0.2) is 42.5 Å². The molecule has 0 amide bonds. The summed E-state index contributed by atoms with van der Waals surface area (Å²) in [5, 5.41) is 9.51. The topological polar surface area (TPSA) is 55.8 Å². The van der Waals surface area contributed by atoms with E-state index in [0.717, 1.165) is 5.56 Å². The van der Waals surface area contributed by atoms with Crippen LogP contribution in [0.4, 0.5) is 0 Å². The lowest BCUT2D eigenvalue weighted by Gasteiger charge is -2.11. The van der Waals surface area contributed by atoms with Crippen molar-refractivity contribution in [3.05, 3.63) is 59.2 Å². The van der Waals surface area contributed by atoms with Gasteiger partial charge in [-0.2, -0.15) is 0 Å². The number of methoxy groups -OCH3 is 2. The van der Waals surface area contributed by atoms with Crippen molar-refractivity contribution in [2.45, 2.75) is 6.92 Å². The third-order valence-corrected chi connectivity index (χ3v) is 3.33. The number of aryl methyl sites for hydroxylation is 1. The fourth-order valence-corrected chi connectivity index (χ4v) is 2.18. The molecule has 0 radical (unpaired) electrons. The van der Waals surface area contributed by atoms with Crippen molar-refractivity contribution in [1.29, 1.82) is 0 Å².